The van der Waals surface area contributed by atoms with Crippen LogP contribution < -0.4 is 11.2 Å². The number of H-pyrrole nitrogens is 1. The first-order chi connectivity index (χ1) is 13.0. The van der Waals surface area contributed by atoms with Crippen molar-refractivity contribution in [2.75, 3.05) is 26.3 Å². The Morgan fingerprint density at radius 3 is 2.41 bits per heavy atom. The van der Waals surface area contributed by atoms with Crippen LogP contribution in [-0.4, -0.2) is 50.3 Å². The molecule has 0 amide bonds. The average Bonchev–Trinajstić information content (AvgIpc) is 3.04. The summed E-state index contributed by atoms with van der Waals surface area (Å²) in [6.07, 6.45) is 0. The molecule has 3 aromatic rings. The first-order valence-corrected chi connectivity index (χ1v) is 9.05. The topological polar surface area (TPSA) is 85.2 Å². The number of hydrogen-bond acceptors (Lipinski definition) is 5. The van der Waals surface area contributed by atoms with Crippen LogP contribution in [-0.2, 0) is 18.8 Å². The van der Waals surface area contributed by atoms with Crippen LogP contribution in [0.4, 0.5) is 0 Å². The van der Waals surface area contributed by atoms with Gasteiger partial charge in [0.25, 0.3) is 5.56 Å². The second-order valence-electron chi connectivity index (χ2n) is 6.93. The molecule has 27 heavy (non-hydrogen) atoms. The highest BCUT2D eigenvalue weighted by atomic mass is 16.5. The maximum Gasteiger partial charge on any atom is 0.329 e. The molecule has 142 valence electrons. The number of imidazole rings is 1. The number of benzene rings is 1. The van der Waals surface area contributed by atoms with Gasteiger partial charge < -0.3 is 9.30 Å². The fourth-order valence-electron chi connectivity index (χ4n) is 3.65. The molecule has 1 fully saturated rings. The summed E-state index contributed by atoms with van der Waals surface area (Å²) in [6.45, 7) is 5.62. The van der Waals surface area contributed by atoms with E-state index in [1.807, 2.05) is 12.1 Å². The lowest BCUT2D eigenvalue weighted by Crippen LogP contribution is -2.37. The van der Waals surface area contributed by atoms with E-state index in [9.17, 15) is 9.59 Å². The van der Waals surface area contributed by atoms with Crippen molar-refractivity contribution in [1.82, 2.24) is 24.0 Å². The Bertz CT molecular complexity index is 1090. The minimum atomic E-state index is -0.466. The molecule has 1 aromatic carbocycles. The Hall–Kier alpha value is -2.71. The number of aryl methyl sites for hydroxylation is 2. The Labute approximate surface area is 156 Å². The Morgan fingerprint density at radius 2 is 1.74 bits per heavy atom. The first kappa shape index (κ1) is 17.7. The highest BCUT2D eigenvalue weighted by Crippen LogP contribution is 2.26. The quantitative estimate of drug-likeness (QED) is 0.745. The van der Waals surface area contributed by atoms with Crippen LogP contribution in [0.2, 0.25) is 0 Å². The van der Waals surface area contributed by atoms with E-state index in [4.69, 9.17) is 4.74 Å². The zero-order valence-corrected chi connectivity index (χ0v) is 15.7. The van der Waals surface area contributed by atoms with Crippen LogP contribution in [0.25, 0.3) is 22.6 Å². The lowest BCUT2D eigenvalue weighted by molar-refractivity contribution is 0.0198. The number of nitrogens with zero attached hydrogens (tertiary/aromatic N) is 4. The minimum absolute atomic E-state index is 0.312. The normalized spacial score (nSPS) is 16.7. The monoisotopic (exact) mass is 369 g/mol. The van der Waals surface area contributed by atoms with Gasteiger partial charge in [-0.05, 0) is 12.5 Å². The van der Waals surface area contributed by atoms with Crippen LogP contribution in [0.1, 0.15) is 18.5 Å². The van der Waals surface area contributed by atoms with Crippen LogP contribution in [0.15, 0.2) is 33.9 Å². The fourth-order valence-corrected chi connectivity index (χ4v) is 3.65. The second kappa shape index (κ2) is 6.79. The number of rotatable bonds is 3. The van der Waals surface area contributed by atoms with Crippen LogP contribution in [0.5, 0.6) is 0 Å². The largest absolute Gasteiger partial charge is 0.379 e. The summed E-state index contributed by atoms with van der Waals surface area (Å²) in [7, 11) is 3.39. The lowest BCUT2D eigenvalue weighted by atomic mass is 10.0. The van der Waals surface area contributed by atoms with E-state index in [0.29, 0.717) is 23.0 Å². The molecular formula is C19H23N5O3. The number of ether oxygens (including phenoxy) is 1. The SMILES string of the molecule is C[C@H](c1ccc(-c2nc3c(c(=O)[nH]c(=O)n3C)n2C)cc1)N1CCOCC1. The number of nitrogens with one attached hydrogen (secondary N) is 1. The van der Waals surface area contributed by atoms with Gasteiger partial charge in [0.15, 0.2) is 11.2 Å². The summed E-state index contributed by atoms with van der Waals surface area (Å²) in [6, 6.07) is 8.53. The van der Waals surface area contributed by atoms with Crippen molar-refractivity contribution in [3.63, 3.8) is 0 Å². The van der Waals surface area contributed by atoms with Crippen LogP contribution in [0.3, 0.4) is 0 Å². The zero-order chi connectivity index (χ0) is 19.1. The molecule has 8 nitrogen and oxygen atoms in total. The number of fused-ring (bicyclic) bond motifs is 1. The molecule has 0 unspecified atom stereocenters. The maximum absolute atomic E-state index is 12.2. The second-order valence-corrected chi connectivity index (χ2v) is 6.93. The summed E-state index contributed by atoms with van der Waals surface area (Å²) in [5.41, 5.74) is 2.01. The van der Waals surface area contributed by atoms with E-state index in [1.165, 1.54) is 10.1 Å². The molecule has 4 rings (SSSR count). The Balaban J connectivity index is 1.71. The molecule has 8 heteroatoms. The van der Waals surface area contributed by atoms with Gasteiger partial charge in [0.05, 0.1) is 13.2 Å². The predicted molar refractivity (Wildman–Crippen MR) is 103 cm³/mol. The van der Waals surface area contributed by atoms with E-state index in [-0.39, 0.29) is 0 Å². The number of aromatic amines is 1. The van der Waals surface area contributed by atoms with E-state index < -0.39 is 11.2 Å². The van der Waals surface area contributed by atoms with Crippen molar-refractivity contribution in [2.45, 2.75) is 13.0 Å². The number of hydrogen-bond donors (Lipinski definition) is 1. The first-order valence-electron chi connectivity index (χ1n) is 9.05. The molecule has 0 saturated carbocycles. The van der Waals surface area contributed by atoms with Gasteiger partial charge in [-0.3, -0.25) is 19.2 Å². The minimum Gasteiger partial charge on any atom is -0.379 e. The van der Waals surface area contributed by atoms with Gasteiger partial charge >= 0.3 is 5.69 Å². The molecule has 0 radical (unpaired) electrons. The van der Waals surface area contributed by atoms with Crippen molar-refractivity contribution in [3.05, 3.63) is 50.7 Å². The zero-order valence-electron chi connectivity index (χ0n) is 15.7. The molecule has 3 heterocycles. The average molecular weight is 369 g/mol. The van der Waals surface area contributed by atoms with Crippen molar-refractivity contribution < 1.29 is 4.74 Å². The molecule has 0 bridgehead atoms. The molecule has 1 saturated heterocycles. The van der Waals surface area contributed by atoms with Gasteiger partial charge in [-0.15, -0.1) is 0 Å². The molecule has 1 N–H and O–H groups in total. The van der Waals surface area contributed by atoms with Gasteiger partial charge in [-0.1, -0.05) is 24.3 Å². The fraction of sp³-hybridized carbons (Fsp3) is 0.421. The van der Waals surface area contributed by atoms with Gasteiger partial charge in [0.2, 0.25) is 0 Å². The van der Waals surface area contributed by atoms with Crippen molar-refractivity contribution in [2.24, 2.45) is 14.1 Å². The summed E-state index contributed by atoms with van der Waals surface area (Å²) < 4.78 is 8.51. The van der Waals surface area contributed by atoms with Crippen LogP contribution in [0, 0.1) is 0 Å². The Kier molecular flexibility index (Phi) is 4.45. The third-order valence-corrected chi connectivity index (χ3v) is 5.38. The van der Waals surface area contributed by atoms with Gasteiger partial charge in [0.1, 0.15) is 5.82 Å². The smallest absolute Gasteiger partial charge is 0.329 e. The van der Waals surface area contributed by atoms with Gasteiger partial charge in [0, 0.05) is 38.8 Å². The van der Waals surface area contributed by atoms with Crippen molar-refractivity contribution in [1.29, 1.82) is 0 Å². The third kappa shape index (κ3) is 3.00. The number of aromatic nitrogens is 4. The predicted octanol–water partition coefficient (Wildman–Crippen LogP) is 1.02. The van der Waals surface area contributed by atoms with Crippen LogP contribution >= 0.6 is 0 Å². The van der Waals surface area contributed by atoms with Crippen molar-refractivity contribution >= 4 is 11.2 Å². The molecule has 0 spiro atoms. The van der Waals surface area contributed by atoms with E-state index >= 15 is 0 Å². The lowest BCUT2D eigenvalue weighted by Gasteiger charge is -2.32. The molecule has 0 aliphatic carbocycles. The summed E-state index contributed by atoms with van der Waals surface area (Å²) in [5.74, 6) is 0.655. The Morgan fingerprint density at radius 1 is 1.07 bits per heavy atom. The molecule has 1 aliphatic heterocycles. The molecule has 1 atom stereocenters. The maximum atomic E-state index is 12.2. The molecule has 1 aliphatic rings. The highest BCUT2D eigenvalue weighted by Gasteiger charge is 2.19. The van der Waals surface area contributed by atoms with E-state index in [0.717, 1.165) is 31.9 Å². The van der Waals surface area contributed by atoms with Gasteiger partial charge in [-0.2, -0.15) is 0 Å². The summed E-state index contributed by atoms with van der Waals surface area (Å²) in [4.78, 5) is 33.3. The number of morpholine rings is 1. The molecular weight excluding hydrogens is 346 g/mol. The molecule has 2 aromatic heterocycles. The summed E-state index contributed by atoms with van der Waals surface area (Å²) >= 11 is 0. The standard InChI is InChI=1S/C19H23N5O3/c1-12(24-8-10-27-11-9-24)13-4-6-14(7-5-13)16-20-17-15(22(16)2)18(25)21-19(26)23(17)3/h4-7,12H,8-11H2,1-3H3,(H,21,25,26)/t12-/m1/s1. The highest BCUT2D eigenvalue weighted by molar-refractivity contribution is 5.76. The third-order valence-electron chi connectivity index (χ3n) is 5.38. The van der Waals surface area contributed by atoms with Crippen molar-refractivity contribution in [3.8, 4) is 11.4 Å². The summed E-state index contributed by atoms with van der Waals surface area (Å²) in [5, 5.41) is 0. The van der Waals surface area contributed by atoms with Gasteiger partial charge in [-0.25, -0.2) is 9.78 Å². The van der Waals surface area contributed by atoms with E-state index in [2.05, 4.69) is 33.9 Å². The van der Waals surface area contributed by atoms with E-state index in [1.54, 1.807) is 18.7 Å².